The average molecular weight is 457 g/mol. The zero-order chi connectivity index (χ0) is 17.9. The largest absolute Gasteiger partial charge is 0.307 e. The van der Waals surface area contributed by atoms with Crippen LogP contribution in [0.2, 0.25) is 0 Å². The second-order valence-electron chi connectivity index (χ2n) is 7.93. The predicted octanol–water partition coefficient (Wildman–Crippen LogP) is 6.94. The summed E-state index contributed by atoms with van der Waals surface area (Å²) in [6, 6.07) is 16.5. The number of benzene rings is 2. The SMILES string of the molecule is C[C@@H](N[C@H]1CCC[C@H](C2C=CC(I)=CC2)C1)c1cccc2ccccc12. The molecule has 1 nitrogen and oxygen atoms in total. The Balaban J connectivity index is 1.44. The summed E-state index contributed by atoms with van der Waals surface area (Å²) in [5.41, 5.74) is 1.43. The van der Waals surface area contributed by atoms with E-state index in [4.69, 9.17) is 0 Å². The summed E-state index contributed by atoms with van der Waals surface area (Å²) in [6.07, 6.45) is 13.8. The van der Waals surface area contributed by atoms with Gasteiger partial charge in [-0.2, -0.15) is 0 Å². The number of hydrogen-bond donors (Lipinski definition) is 1. The molecule has 2 heteroatoms. The van der Waals surface area contributed by atoms with Gasteiger partial charge in [0, 0.05) is 15.7 Å². The minimum atomic E-state index is 0.396. The Bertz CT molecular complexity index is 817. The molecule has 1 unspecified atom stereocenters. The predicted molar refractivity (Wildman–Crippen MR) is 121 cm³/mol. The molecule has 0 bridgehead atoms. The molecule has 0 heterocycles. The van der Waals surface area contributed by atoms with E-state index in [1.807, 2.05) is 0 Å². The van der Waals surface area contributed by atoms with Crippen LogP contribution in [-0.2, 0) is 0 Å². The monoisotopic (exact) mass is 457 g/mol. The molecule has 4 atom stereocenters. The van der Waals surface area contributed by atoms with E-state index in [0.717, 1.165) is 11.8 Å². The summed E-state index contributed by atoms with van der Waals surface area (Å²) in [5.74, 6) is 1.57. The standard InChI is InChI=1S/C24H28IN/c1-17(23-11-5-7-19-6-2-3-10-24(19)23)26-22-9-4-8-20(16-22)18-12-14-21(25)15-13-18/h2-3,5-7,10-12,14-15,17-18,20,22,26H,4,8-9,13,16H2,1H3/t17-,18?,20+,22+/m1/s1. The first kappa shape index (κ1) is 18.2. The molecule has 0 amide bonds. The first-order valence-corrected chi connectivity index (χ1v) is 11.1. The Kier molecular flexibility index (Phi) is 5.80. The van der Waals surface area contributed by atoms with Gasteiger partial charge >= 0.3 is 0 Å². The highest BCUT2D eigenvalue weighted by Gasteiger charge is 2.28. The summed E-state index contributed by atoms with van der Waals surface area (Å²) in [5, 5.41) is 6.69. The number of hydrogen-bond acceptors (Lipinski definition) is 1. The van der Waals surface area contributed by atoms with Crippen LogP contribution in [0.15, 0.2) is 64.3 Å². The molecule has 0 radical (unpaired) electrons. The van der Waals surface area contributed by atoms with Gasteiger partial charge in [0.15, 0.2) is 0 Å². The van der Waals surface area contributed by atoms with Gasteiger partial charge in [0.25, 0.3) is 0 Å². The zero-order valence-corrected chi connectivity index (χ0v) is 17.7. The maximum absolute atomic E-state index is 3.96. The van der Waals surface area contributed by atoms with Gasteiger partial charge in [0.05, 0.1) is 0 Å². The Morgan fingerprint density at radius 2 is 1.92 bits per heavy atom. The molecule has 1 fully saturated rings. The summed E-state index contributed by atoms with van der Waals surface area (Å²) >= 11 is 2.43. The number of fused-ring (bicyclic) bond motifs is 1. The fourth-order valence-electron chi connectivity index (χ4n) is 4.80. The number of nitrogens with one attached hydrogen (secondary N) is 1. The van der Waals surface area contributed by atoms with Crippen molar-refractivity contribution in [1.29, 1.82) is 0 Å². The third-order valence-corrected chi connectivity index (χ3v) is 6.98. The molecular weight excluding hydrogens is 429 g/mol. The molecule has 0 spiro atoms. The first-order chi connectivity index (χ1) is 12.7. The van der Waals surface area contributed by atoms with E-state index in [1.54, 1.807) is 0 Å². The van der Waals surface area contributed by atoms with Crippen LogP contribution in [0.5, 0.6) is 0 Å². The first-order valence-electron chi connectivity index (χ1n) is 9.98. The van der Waals surface area contributed by atoms with Crippen molar-refractivity contribution in [3.63, 3.8) is 0 Å². The molecule has 136 valence electrons. The van der Waals surface area contributed by atoms with Gasteiger partial charge < -0.3 is 5.32 Å². The maximum Gasteiger partial charge on any atom is 0.0300 e. The average Bonchev–Trinajstić information content (AvgIpc) is 2.68. The molecule has 2 aromatic carbocycles. The van der Waals surface area contributed by atoms with Crippen LogP contribution >= 0.6 is 22.6 Å². The van der Waals surface area contributed by atoms with Gasteiger partial charge in [-0.3, -0.25) is 0 Å². The van der Waals surface area contributed by atoms with Crippen molar-refractivity contribution in [3.05, 3.63) is 69.8 Å². The molecule has 0 saturated heterocycles. The van der Waals surface area contributed by atoms with Crippen molar-refractivity contribution in [3.8, 4) is 0 Å². The highest BCUT2D eigenvalue weighted by molar-refractivity contribution is 14.1. The van der Waals surface area contributed by atoms with Crippen molar-refractivity contribution in [2.45, 2.75) is 51.1 Å². The molecule has 2 aliphatic carbocycles. The molecule has 2 aromatic rings. The van der Waals surface area contributed by atoms with Gasteiger partial charge in [-0.1, -0.05) is 67.1 Å². The smallest absolute Gasteiger partial charge is 0.0300 e. The zero-order valence-electron chi connectivity index (χ0n) is 15.5. The van der Waals surface area contributed by atoms with Crippen molar-refractivity contribution < 1.29 is 0 Å². The normalized spacial score (nSPS) is 27.3. The molecular formula is C24H28IN. The third kappa shape index (κ3) is 4.07. The van der Waals surface area contributed by atoms with Crippen LogP contribution in [0.3, 0.4) is 0 Å². The molecule has 2 aliphatic rings. The fourth-order valence-corrected chi connectivity index (χ4v) is 5.26. The summed E-state index contributed by atoms with van der Waals surface area (Å²) in [4.78, 5) is 0. The highest BCUT2D eigenvalue weighted by atomic mass is 127. The molecule has 1 N–H and O–H groups in total. The molecule has 0 aromatic heterocycles. The second-order valence-corrected chi connectivity index (χ2v) is 9.17. The van der Waals surface area contributed by atoms with Gasteiger partial charge in [0.1, 0.15) is 0 Å². The third-order valence-electron chi connectivity index (χ3n) is 6.18. The van der Waals surface area contributed by atoms with Crippen LogP contribution in [0.4, 0.5) is 0 Å². The molecule has 4 rings (SSSR count). The minimum absolute atomic E-state index is 0.396. The number of rotatable bonds is 4. The van der Waals surface area contributed by atoms with Crippen LogP contribution in [0.25, 0.3) is 10.8 Å². The highest BCUT2D eigenvalue weighted by Crippen LogP contribution is 2.36. The van der Waals surface area contributed by atoms with Crippen LogP contribution < -0.4 is 5.32 Å². The van der Waals surface area contributed by atoms with E-state index in [0.29, 0.717) is 12.1 Å². The van der Waals surface area contributed by atoms with Gasteiger partial charge in [-0.15, -0.1) is 0 Å². The van der Waals surface area contributed by atoms with E-state index >= 15 is 0 Å². The van der Waals surface area contributed by atoms with E-state index in [-0.39, 0.29) is 0 Å². The Morgan fingerprint density at radius 3 is 2.77 bits per heavy atom. The summed E-state index contributed by atoms with van der Waals surface area (Å²) in [7, 11) is 0. The molecule has 26 heavy (non-hydrogen) atoms. The Morgan fingerprint density at radius 1 is 1.08 bits per heavy atom. The molecule has 1 saturated carbocycles. The van der Waals surface area contributed by atoms with Crippen molar-refractivity contribution in [2.75, 3.05) is 0 Å². The topological polar surface area (TPSA) is 12.0 Å². The lowest BCUT2D eigenvalue weighted by Crippen LogP contribution is -2.37. The van der Waals surface area contributed by atoms with E-state index in [1.165, 1.54) is 52.0 Å². The van der Waals surface area contributed by atoms with Crippen LogP contribution in [-0.4, -0.2) is 6.04 Å². The lowest BCUT2D eigenvalue weighted by molar-refractivity contribution is 0.228. The Hall–Kier alpha value is -1.13. The van der Waals surface area contributed by atoms with Crippen molar-refractivity contribution in [2.24, 2.45) is 11.8 Å². The fraction of sp³-hybridized carbons (Fsp3) is 0.417. The minimum Gasteiger partial charge on any atom is -0.307 e. The quantitative estimate of drug-likeness (QED) is 0.490. The van der Waals surface area contributed by atoms with Gasteiger partial charge in [-0.05, 0) is 83.4 Å². The summed E-state index contributed by atoms with van der Waals surface area (Å²) in [6.45, 7) is 2.33. The summed E-state index contributed by atoms with van der Waals surface area (Å²) < 4.78 is 1.40. The maximum atomic E-state index is 3.96. The van der Waals surface area contributed by atoms with Gasteiger partial charge in [-0.25, -0.2) is 0 Å². The van der Waals surface area contributed by atoms with E-state index in [9.17, 15) is 0 Å². The lowest BCUT2D eigenvalue weighted by Gasteiger charge is -2.36. The van der Waals surface area contributed by atoms with Gasteiger partial charge in [0.2, 0.25) is 0 Å². The lowest BCUT2D eigenvalue weighted by atomic mass is 9.75. The number of halogens is 1. The second kappa shape index (κ2) is 8.26. The van der Waals surface area contributed by atoms with Crippen LogP contribution in [0.1, 0.15) is 50.6 Å². The van der Waals surface area contributed by atoms with Crippen LogP contribution in [0, 0.1) is 11.8 Å². The molecule has 0 aliphatic heterocycles. The van der Waals surface area contributed by atoms with Crippen molar-refractivity contribution in [1.82, 2.24) is 5.32 Å². The Labute approximate surface area is 171 Å². The van der Waals surface area contributed by atoms with Crippen molar-refractivity contribution >= 4 is 33.4 Å². The van der Waals surface area contributed by atoms with E-state index in [2.05, 4.69) is 95.5 Å². The van der Waals surface area contributed by atoms with E-state index < -0.39 is 0 Å². The number of allylic oxidation sites excluding steroid dienone is 4.